The molecule has 0 aromatic heterocycles. The SMILES string of the molecule is CC(CC(=O)NNC(=O)OC(C)(C)C)=NNC(=O)OC(C)(C)C. The van der Waals surface area contributed by atoms with Crippen molar-refractivity contribution in [3.05, 3.63) is 0 Å². The number of rotatable bonds is 3. The molecule has 0 saturated carbocycles. The highest BCUT2D eigenvalue weighted by atomic mass is 16.6. The first-order valence-electron chi connectivity index (χ1n) is 7.08. The highest BCUT2D eigenvalue weighted by Crippen LogP contribution is 2.06. The van der Waals surface area contributed by atoms with Crippen LogP contribution >= 0.6 is 0 Å². The van der Waals surface area contributed by atoms with Gasteiger partial charge in [-0.1, -0.05) is 0 Å². The van der Waals surface area contributed by atoms with Crippen molar-refractivity contribution in [2.75, 3.05) is 0 Å². The highest BCUT2D eigenvalue weighted by molar-refractivity contribution is 6.00. The Morgan fingerprint density at radius 3 is 1.83 bits per heavy atom. The lowest BCUT2D eigenvalue weighted by atomic mass is 10.2. The van der Waals surface area contributed by atoms with Crippen molar-refractivity contribution in [1.29, 1.82) is 0 Å². The van der Waals surface area contributed by atoms with Crippen LogP contribution < -0.4 is 16.3 Å². The van der Waals surface area contributed by atoms with E-state index in [-0.39, 0.29) is 6.42 Å². The summed E-state index contributed by atoms with van der Waals surface area (Å²) in [5, 5.41) is 3.72. The van der Waals surface area contributed by atoms with Crippen molar-refractivity contribution in [3.8, 4) is 0 Å². The molecule has 0 aliphatic rings. The van der Waals surface area contributed by atoms with E-state index in [0.717, 1.165) is 0 Å². The van der Waals surface area contributed by atoms with Gasteiger partial charge in [-0.2, -0.15) is 5.10 Å². The van der Waals surface area contributed by atoms with Gasteiger partial charge in [0, 0.05) is 5.71 Å². The van der Waals surface area contributed by atoms with Crippen LogP contribution in [0.25, 0.3) is 0 Å². The van der Waals surface area contributed by atoms with Crippen molar-refractivity contribution in [2.45, 2.75) is 66.1 Å². The van der Waals surface area contributed by atoms with Gasteiger partial charge in [-0.15, -0.1) is 0 Å². The molecule has 132 valence electrons. The molecule has 9 nitrogen and oxygen atoms in total. The van der Waals surface area contributed by atoms with Gasteiger partial charge in [-0.3, -0.25) is 10.2 Å². The van der Waals surface area contributed by atoms with E-state index >= 15 is 0 Å². The summed E-state index contributed by atoms with van der Waals surface area (Å²) in [6.45, 7) is 11.8. The molecule has 0 aromatic carbocycles. The first-order valence-corrected chi connectivity index (χ1v) is 7.08. The summed E-state index contributed by atoms with van der Waals surface area (Å²) >= 11 is 0. The third-order valence-corrected chi connectivity index (χ3v) is 1.86. The minimum absolute atomic E-state index is 0.119. The van der Waals surface area contributed by atoms with Crippen LogP contribution in [0.2, 0.25) is 0 Å². The van der Waals surface area contributed by atoms with Gasteiger partial charge in [0.1, 0.15) is 11.2 Å². The topological polar surface area (TPSA) is 118 Å². The fourth-order valence-corrected chi connectivity index (χ4v) is 1.18. The molecule has 0 aliphatic carbocycles. The lowest BCUT2D eigenvalue weighted by Gasteiger charge is -2.19. The fourth-order valence-electron chi connectivity index (χ4n) is 1.18. The largest absolute Gasteiger partial charge is 0.443 e. The second kappa shape index (κ2) is 8.35. The van der Waals surface area contributed by atoms with Crippen molar-refractivity contribution in [2.24, 2.45) is 5.10 Å². The number of carbonyl (C=O) groups is 3. The van der Waals surface area contributed by atoms with E-state index < -0.39 is 29.3 Å². The van der Waals surface area contributed by atoms with Gasteiger partial charge < -0.3 is 9.47 Å². The first-order chi connectivity index (χ1) is 10.3. The Morgan fingerprint density at radius 1 is 0.870 bits per heavy atom. The monoisotopic (exact) mass is 330 g/mol. The van der Waals surface area contributed by atoms with Gasteiger partial charge in [0.2, 0.25) is 5.91 Å². The third-order valence-electron chi connectivity index (χ3n) is 1.86. The Labute approximate surface area is 136 Å². The van der Waals surface area contributed by atoms with Crippen molar-refractivity contribution >= 4 is 23.8 Å². The average Bonchev–Trinajstić information content (AvgIpc) is 2.29. The van der Waals surface area contributed by atoms with E-state index in [9.17, 15) is 14.4 Å². The van der Waals surface area contributed by atoms with Crippen LogP contribution in [0, 0.1) is 0 Å². The van der Waals surface area contributed by atoms with E-state index in [1.165, 1.54) is 0 Å². The van der Waals surface area contributed by atoms with Gasteiger partial charge in [-0.25, -0.2) is 20.4 Å². The van der Waals surface area contributed by atoms with E-state index in [1.807, 2.05) is 0 Å². The van der Waals surface area contributed by atoms with Gasteiger partial charge >= 0.3 is 12.2 Å². The van der Waals surface area contributed by atoms with E-state index in [2.05, 4.69) is 21.4 Å². The molecule has 0 radical (unpaired) electrons. The quantitative estimate of drug-likeness (QED) is 0.539. The Balaban J connectivity index is 4.17. The summed E-state index contributed by atoms with van der Waals surface area (Å²) < 4.78 is 9.94. The fraction of sp³-hybridized carbons (Fsp3) is 0.714. The molecule has 0 spiro atoms. The maximum atomic E-state index is 11.6. The van der Waals surface area contributed by atoms with Crippen LogP contribution in [-0.4, -0.2) is 35.0 Å². The van der Waals surface area contributed by atoms with Crippen LogP contribution in [0.3, 0.4) is 0 Å². The van der Waals surface area contributed by atoms with Gasteiger partial charge in [0.05, 0.1) is 6.42 Å². The molecule has 3 amide bonds. The number of hydrogen-bond donors (Lipinski definition) is 3. The number of hydrazine groups is 1. The first kappa shape index (κ1) is 20.7. The van der Waals surface area contributed by atoms with Crippen molar-refractivity contribution < 1.29 is 23.9 Å². The second-order valence-corrected chi connectivity index (χ2v) is 6.81. The zero-order valence-electron chi connectivity index (χ0n) is 14.7. The Hall–Kier alpha value is -2.32. The molecule has 9 heteroatoms. The molecule has 0 bridgehead atoms. The summed E-state index contributed by atoms with van der Waals surface area (Å²) in [5.74, 6) is -0.511. The molecule has 0 fully saturated rings. The standard InChI is InChI=1S/C14H26N4O5/c1-9(15-17-11(20)22-13(2,3)4)8-10(19)16-18-12(21)23-14(5,6)7/h8H2,1-7H3,(H,16,19)(H,17,20)(H,18,21). The summed E-state index contributed by atoms with van der Waals surface area (Å²) in [6.07, 6.45) is -1.61. The molecule has 0 heterocycles. The number of ether oxygens (including phenoxy) is 2. The predicted molar refractivity (Wildman–Crippen MR) is 84.6 cm³/mol. The maximum absolute atomic E-state index is 11.6. The van der Waals surface area contributed by atoms with E-state index in [4.69, 9.17) is 9.47 Å². The number of nitrogens with one attached hydrogen (secondary N) is 3. The van der Waals surface area contributed by atoms with Gasteiger partial charge in [0.25, 0.3) is 0 Å². The number of hydrazone groups is 1. The Bertz CT molecular complexity index is 475. The molecule has 0 rings (SSSR count). The zero-order chi connectivity index (χ0) is 18.3. The molecule has 0 unspecified atom stereocenters. The molecule has 3 N–H and O–H groups in total. The molecule has 0 aromatic rings. The highest BCUT2D eigenvalue weighted by Gasteiger charge is 2.17. The minimum Gasteiger partial charge on any atom is -0.443 e. The van der Waals surface area contributed by atoms with E-state index in [1.54, 1.807) is 48.5 Å². The average molecular weight is 330 g/mol. The molecular weight excluding hydrogens is 304 g/mol. The third kappa shape index (κ3) is 13.1. The van der Waals surface area contributed by atoms with E-state index in [0.29, 0.717) is 5.71 Å². The smallest absolute Gasteiger partial charge is 0.428 e. The maximum Gasteiger partial charge on any atom is 0.428 e. The van der Waals surface area contributed by atoms with Gasteiger partial charge in [0.15, 0.2) is 0 Å². The molecule has 0 aliphatic heterocycles. The zero-order valence-corrected chi connectivity index (χ0v) is 14.7. The summed E-state index contributed by atoms with van der Waals surface area (Å²) in [4.78, 5) is 34.3. The predicted octanol–water partition coefficient (Wildman–Crippen LogP) is 1.83. The van der Waals surface area contributed by atoms with Crippen LogP contribution in [0.15, 0.2) is 5.10 Å². The number of amides is 3. The number of nitrogens with zero attached hydrogens (tertiary/aromatic N) is 1. The lowest BCUT2D eigenvalue weighted by Crippen LogP contribution is -2.44. The molecule has 23 heavy (non-hydrogen) atoms. The van der Waals surface area contributed by atoms with Crippen LogP contribution in [0.1, 0.15) is 54.9 Å². The summed E-state index contributed by atoms with van der Waals surface area (Å²) in [6, 6.07) is 0. The van der Waals surface area contributed by atoms with Gasteiger partial charge in [-0.05, 0) is 48.5 Å². The Kier molecular flexibility index (Phi) is 7.51. The van der Waals surface area contributed by atoms with Crippen LogP contribution in [-0.2, 0) is 14.3 Å². The minimum atomic E-state index is -0.771. The molecule has 0 saturated heterocycles. The number of carbonyl (C=O) groups excluding carboxylic acids is 3. The molecule has 0 atom stereocenters. The van der Waals surface area contributed by atoms with Crippen molar-refractivity contribution in [3.63, 3.8) is 0 Å². The normalized spacial score (nSPS) is 12.2. The summed E-state index contributed by atoms with van der Waals surface area (Å²) in [5.41, 5.74) is 5.49. The Morgan fingerprint density at radius 2 is 1.35 bits per heavy atom. The lowest BCUT2D eigenvalue weighted by molar-refractivity contribution is -0.120. The van der Waals surface area contributed by atoms with Crippen LogP contribution in [0.5, 0.6) is 0 Å². The summed E-state index contributed by atoms with van der Waals surface area (Å²) in [7, 11) is 0. The number of hydrogen-bond acceptors (Lipinski definition) is 6. The second-order valence-electron chi connectivity index (χ2n) is 6.81. The molecular formula is C14H26N4O5. The van der Waals surface area contributed by atoms with Crippen molar-refractivity contribution in [1.82, 2.24) is 16.3 Å². The van der Waals surface area contributed by atoms with Crippen LogP contribution in [0.4, 0.5) is 9.59 Å².